The average Bonchev–Trinajstić information content (AvgIpc) is 3.07. The van der Waals surface area contributed by atoms with E-state index in [-0.39, 0.29) is 0 Å². The van der Waals surface area contributed by atoms with Gasteiger partial charge in [0.05, 0.1) is 12.3 Å². The summed E-state index contributed by atoms with van der Waals surface area (Å²) in [7, 11) is 0. The highest BCUT2D eigenvalue weighted by atomic mass is 35.5. The number of halogens is 1. The fourth-order valence-corrected chi connectivity index (χ4v) is 2.97. The summed E-state index contributed by atoms with van der Waals surface area (Å²) in [5.41, 5.74) is 1.89. The van der Waals surface area contributed by atoms with Gasteiger partial charge in [0.1, 0.15) is 0 Å². The van der Waals surface area contributed by atoms with Gasteiger partial charge in [0.25, 0.3) is 0 Å². The van der Waals surface area contributed by atoms with Gasteiger partial charge < -0.3 is 9.64 Å². The van der Waals surface area contributed by atoms with Crippen molar-refractivity contribution in [3.8, 4) is 11.3 Å². The Kier molecular flexibility index (Phi) is 3.50. The predicted octanol–water partition coefficient (Wildman–Crippen LogP) is 2.83. The SMILES string of the molecule is O=CC1OCCN1c1nc(-c2ccc(Cl)cc2)cs1. The lowest BCUT2D eigenvalue weighted by atomic mass is 10.2. The van der Waals surface area contributed by atoms with Crippen molar-refractivity contribution >= 4 is 34.4 Å². The van der Waals surface area contributed by atoms with Gasteiger partial charge in [-0.1, -0.05) is 23.7 Å². The van der Waals surface area contributed by atoms with E-state index < -0.39 is 6.23 Å². The van der Waals surface area contributed by atoms with Crippen LogP contribution in [0.4, 0.5) is 5.13 Å². The Balaban J connectivity index is 1.87. The topological polar surface area (TPSA) is 42.4 Å². The summed E-state index contributed by atoms with van der Waals surface area (Å²) < 4.78 is 5.31. The minimum absolute atomic E-state index is 0.510. The summed E-state index contributed by atoms with van der Waals surface area (Å²) in [6, 6.07) is 7.53. The molecule has 98 valence electrons. The molecule has 2 aromatic rings. The molecular weight excluding hydrogens is 284 g/mol. The van der Waals surface area contributed by atoms with Crippen molar-refractivity contribution in [1.29, 1.82) is 0 Å². The third-order valence-electron chi connectivity index (χ3n) is 2.92. The summed E-state index contributed by atoms with van der Waals surface area (Å²) >= 11 is 7.37. The molecule has 1 aromatic carbocycles. The Morgan fingerprint density at radius 1 is 1.42 bits per heavy atom. The number of hydrogen-bond donors (Lipinski definition) is 0. The predicted molar refractivity (Wildman–Crippen MR) is 75.7 cm³/mol. The lowest BCUT2D eigenvalue weighted by Crippen LogP contribution is -2.30. The lowest BCUT2D eigenvalue weighted by Gasteiger charge is -2.16. The van der Waals surface area contributed by atoms with Crippen LogP contribution in [0.15, 0.2) is 29.6 Å². The normalized spacial score (nSPS) is 18.8. The van der Waals surface area contributed by atoms with Crippen molar-refractivity contribution in [1.82, 2.24) is 4.98 Å². The number of hydrogen-bond acceptors (Lipinski definition) is 5. The summed E-state index contributed by atoms with van der Waals surface area (Å²) in [5, 5.41) is 3.48. The van der Waals surface area contributed by atoms with Crippen molar-refractivity contribution in [3.05, 3.63) is 34.7 Å². The first kappa shape index (κ1) is 12.6. The Bertz CT molecular complexity index is 585. The first-order chi connectivity index (χ1) is 9.28. The van der Waals surface area contributed by atoms with E-state index in [1.807, 2.05) is 34.5 Å². The Morgan fingerprint density at radius 3 is 2.95 bits per heavy atom. The van der Waals surface area contributed by atoms with E-state index in [2.05, 4.69) is 4.98 Å². The van der Waals surface area contributed by atoms with Gasteiger partial charge in [-0.2, -0.15) is 0 Å². The van der Waals surface area contributed by atoms with E-state index in [1.54, 1.807) is 0 Å². The number of benzene rings is 1. The quantitative estimate of drug-likeness (QED) is 0.817. The number of aldehydes is 1. The number of carbonyl (C=O) groups excluding carboxylic acids is 1. The van der Waals surface area contributed by atoms with E-state index >= 15 is 0 Å². The Morgan fingerprint density at radius 2 is 2.21 bits per heavy atom. The molecule has 0 bridgehead atoms. The van der Waals surface area contributed by atoms with Crippen molar-refractivity contribution in [2.24, 2.45) is 0 Å². The third-order valence-corrected chi connectivity index (χ3v) is 4.05. The molecular formula is C13H11ClN2O2S. The molecule has 1 saturated heterocycles. The molecule has 0 aliphatic carbocycles. The molecule has 2 heterocycles. The first-order valence-electron chi connectivity index (χ1n) is 5.83. The summed E-state index contributed by atoms with van der Waals surface area (Å²) in [4.78, 5) is 17.3. The lowest BCUT2D eigenvalue weighted by molar-refractivity contribution is -0.115. The number of carbonyl (C=O) groups is 1. The molecule has 3 rings (SSSR count). The van der Waals surface area contributed by atoms with Crippen LogP contribution in [-0.4, -0.2) is 30.6 Å². The molecule has 0 radical (unpaired) electrons. The number of nitrogens with zero attached hydrogens (tertiary/aromatic N) is 2. The van der Waals surface area contributed by atoms with Crippen molar-refractivity contribution in [2.45, 2.75) is 6.23 Å². The summed E-state index contributed by atoms with van der Waals surface area (Å²) in [6.45, 7) is 1.25. The fourth-order valence-electron chi connectivity index (χ4n) is 1.96. The van der Waals surface area contributed by atoms with E-state index in [9.17, 15) is 4.79 Å². The zero-order chi connectivity index (χ0) is 13.2. The van der Waals surface area contributed by atoms with Gasteiger partial charge in [0.15, 0.2) is 17.6 Å². The molecule has 1 atom stereocenters. The second-order valence-electron chi connectivity index (χ2n) is 4.11. The maximum Gasteiger partial charge on any atom is 0.188 e. The molecule has 6 heteroatoms. The van der Waals surface area contributed by atoms with Gasteiger partial charge in [-0.05, 0) is 12.1 Å². The van der Waals surface area contributed by atoms with Crippen LogP contribution >= 0.6 is 22.9 Å². The highest BCUT2D eigenvalue weighted by molar-refractivity contribution is 7.14. The molecule has 0 saturated carbocycles. The van der Waals surface area contributed by atoms with Crippen LogP contribution in [0.3, 0.4) is 0 Å². The molecule has 0 N–H and O–H groups in total. The van der Waals surface area contributed by atoms with Crippen LogP contribution in [0.5, 0.6) is 0 Å². The summed E-state index contributed by atoms with van der Waals surface area (Å²) in [6.07, 6.45) is 0.292. The summed E-state index contributed by atoms with van der Waals surface area (Å²) in [5.74, 6) is 0. The largest absolute Gasteiger partial charge is 0.349 e. The van der Waals surface area contributed by atoms with E-state index in [0.717, 1.165) is 22.7 Å². The second kappa shape index (κ2) is 5.28. The van der Waals surface area contributed by atoms with Gasteiger partial charge in [0, 0.05) is 22.5 Å². The van der Waals surface area contributed by atoms with E-state index in [1.165, 1.54) is 11.3 Å². The van der Waals surface area contributed by atoms with E-state index in [4.69, 9.17) is 16.3 Å². The van der Waals surface area contributed by atoms with E-state index in [0.29, 0.717) is 18.2 Å². The third kappa shape index (κ3) is 2.49. The Labute approximate surface area is 119 Å². The number of aromatic nitrogens is 1. The highest BCUT2D eigenvalue weighted by Crippen LogP contribution is 2.30. The average molecular weight is 295 g/mol. The van der Waals surface area contributed by atoms with Crippen LogP contribution in [-0.2, 0) is 9.53 Å². The molecule has 1 fully saturated rings. The van der Waals surface area contributed by atoms with Crippen LogP contribution in [0, 0.1) is 0 Å². The van der Waals surface area contributed by atoms with Crippen LogP contribution in [0.1, 0.15) is 0 Å². The Hall–Kier alpha value is -1.43. The minimum atomic E-state index is -0.510. The van der Waals surface area contributed by atoms with Gasteiger partial charge >= 0.3 is 0 Å². The molecule has 0 amide bonds. The zero-order valence-electron chi connectivity index (χ0n) is 9.95. The minimum Gasteiger partial charge on any atom is -0.349 e. The molecule has 0 spiro atoms. The molecule has 4 nitrogen and oxygen atoms in total. The van der Waals surface area contributed by atoms with Crippen molar-refractivity contribution in [3.63, 3.8) is 0 Å². The van der Waals surface area contributed by atoms with Gasteiger partial charge in [-0.3, -0.25) is 4.79 Å². The standard InChI is InChI=1S/C13H11ClN2O2S/c14-10-3-1-9(2-4-10)11-8-19-13(15-11)16-5-6-18-12(16)7-17/h1-4,7-8,12H,5-6H2. The molecule has 1 unspecified atom stereocenters. The van der Waals surface area contributed by atoms with Crippen LogP contribution in [0.2, 0.25) is 5.02 Å². The van der Waals surface area contributed by atoms with Gasteiger partial charge in [0.2, 0.25) is 0 Å². The number of anilines is 1. The van der Waals surface area contributed by atoms with Gasteiger partial charge in [-0.15, -0.1) is 11.3 Å². The molecule has 1 aliphatic heterocycles. The number of rotatable bonds is 3. The van der Waals surface area contributed by atoms with Gasteiger partial charge in [-0.25, -0.2) is 4.98 Å². The highest BCUT2D eigenvalue weighted by Gasteiger charge is 2.27. The monoisotopic (exact) mass is 294 g/mol. The second-order valence-corrected chi connectivity index (χ2v) is 5.39. The van der Waals surface area contributed by atoms with Crippen LogP contribution in [0.25, 0.3) is 11.3 Å². The number of ether oxygens (including phenoxy) is 1. The smallest absolute Gasteiger partial charge is 0.188 e. The van der Waals surface area contributed by atoms with Crippen molar-refractivity contribution < 1.29 is 9.53 Å². The molecule has 19 heavy (non-hydrogen) atoms. The van der Waals surface area contributed by atoms with Crippen molar-refractivity contribution in [2.75, 3.05) is 18.1 Å². The molecule has 1 aliphatic rings. The maximum absolute atomic E-state index is 10.9. The fraction of sp³-hybridized carbons (Fsp3) is 0.231. The zero-order valence-corrected chi connectivity index (χ0v) is 11.5. The first-order valence-corrected chi connectivity index (χ1v) is 7.09. The molecule has 1 aromatic heterocycles. The maximum atomic E-state index is 10.9. The van der Waals surface area contributed by atoms with Crippen LogP contribution < -0.4 is 4.90 Å². The number of thiazole rings is 1.